The van der Waals surface area contributed by atoms with Gasteiger partial charge in [-0.3, -0.25) is 0 Å². The van der Waals surface area contributed by atoms with E-state index in [1.54, 1.807) is 0 Å². The van der Waals surface area contributed by atoms with Crippen molar-refractivity contribution >= 4 is 11.7 Å². The molecule has 1 saturated heterocycles. The van der Waals surface area contributed by atoms with Gasteiger partial charge in [0.25, 0.3) is 0 Å². The Morgan fingerprint density at radius 3 is 2.92 bits per heavy atom. The Labute approximate surface area is 146 Å². The monoisotopic (exact) mass is 336 g/mol. The van der Waals surface area contributed by atoms with Crippen LogP contribution in [0.3, 0.4) is 0 Å². The van der Waals surface area contributed by atoms with E-state index in [0.717, 1.165) is 42.0 Å². The minimum atomic E-state index is -0.239. The van der Waals surface area contributed by atoms with Gasteiger partial charge in [-0.15, -0.1) is 0 Å². The van der Waals surface area contributed by atoms with Gasteiger partial charge < -0.3 is 20.1 Å². The van der Waals surface area contributed by atoms with Crippen molar-refractivity contribution in [2.45, 2.75) is 32.2 Å². The standard InChI is InChI=1S/C20H20N2O3/c1-20(9-8-15-16(10-20)25-11-24-15)18-14-7-6-12-4-2-3-5-13(12)17(14)21-19(23)22-18/h2-5,8,10,18H,6-7,9,11H2,1H3,(H2,21,22,23). The number of rotatable bonds is 1. The summed E-state index contributed by atoms with van der Waals surface area (Å²) in [5.41, 5.74) is 4.45. The molecule has 2 N–H and O–H groups in total. The fourth-order valence-corrected chi connectivity index (χ4v) is 4.36. The summed E-state index contributed by atoms with van der Waals surface area (Å²) >= 11 is 0. The van der Waals surface area contributed by atoms with Crippen LogP contribution in [0.15, 0.2) is 53.5 Å². The van der Waals surface area contributed by atoms with Crippen LogP contribution in [0.1, 0.15) is 30.9 Å². The first-order valence-corrected chi connectivity index (χ1v) is 8.72. The molecule has 1 aromatic carbocycles. The van der Waals surface area contributed by atoms with E-state index in [1.165, 1.54) is 11.1 Å². The van der Waals surface area contributed by atoms with Gasteiger partial charge in [-0.05, 0) is 42.6 Å². The van der Waals surface area contributed by atoms with Crippen LogP contribution in [0.5, 0.6) is 0 Å². The van der Waals surface area contributed by atoms with Crippen LogP contribution >= 0.6 is 0 Å². The third kappa shape index (κ3) is 2.18. The largest absolute Gasteiger partial charge is 0.454 e. The van der Waals surface area contributed by atoms with Crippen LogP contribution in [-0.4, -0.2) is 18.9 Å². The van der Waals surface area contributed by atoms with Crippen molar-refractivity contribution < 1.29 is 14.3 Å². The Morgan fingerprint density at radius 2 is 2.00 bits per heavy atom. The topological polar surface area (TPSA) is 59.6 Å². The van der Waals surface area contributed by atoms with Crippen LogP contribution in [0, 0.1) is 5.41 Å². The van der Waals surface area contributed by atoms with Crippen molar-refractivity contribution in [3.63, 3.8) is 0 Å². The van der Waals surface area contributed by atoms with Crippen LogP contribution in [0.2, 0.25) is 0 Å². The molecule has 0 radical (unpaired) electrons. The molecule has 0 bridgehead atoms. The van der Waals surface area contributed by atoms with Gasteiger partial charge in [0, 0.05) is 11.0 Å². The first kappa shape index (κ1) is 14.6. The maximum atomic E-state index is 12.4. The van der Waals surface area contributed by atoms with Crippen molar-refractivity contribution in [1.29, 1.82) is 0 Å². The number of allylic oxidation sites excluding steroid dienone is 1. The Balaban J connectivity index is 1.60. The molecule has 2 amide bonds. The second kappa shape index (κ2) is 5.15. The SMILES string of the molecule is CC1(C2NC(=O)NC3=C2CCc2ccccc23)C=C2OCOC2=CC1. The maximum absolute atomic E-state index is 12.4. The molecule has 2 heterocycles. The van der Waals surface area contributed by atoms with Crippen LogP contribution < -0.4 is 10.6 Å². The summed E-state index contributed by atoms with van der Waals surface area (Å²) in [6, 6.07) is 8.13. The van der Waals surface area contributed by atoms with Crippen molar-refractivity contribution in [1.82, 2.24) is 10.6 Å². The van der Waals surface area contributed by atoms with Crippen molar-refractivity contribution in [3.8, 4) is 0 Å². The zero-order valence-electron chi connectivity index (χ0n) is 14.1. The molecule has 5 heteroatoms. The maximum Gasteiger partial charge on any atom is 0.319 e. The zero-order valence-corrected chi connectivity index (χ0v) is 14.1. The Kier molecular flexibility index (Phi) is 3.02. The molecule has 2 aliphatic carbocycles. The molecule has 128 valence electrons. The predicted octanol–water partition coefficient (Wildman–Crippen LogP) is 3.21. The molecular weight excluding hydrogens is 316 g/mol. The van der Waals surface area contributed by atoms with Gasteiger partial charge in [0.2, 0.25) is 6.79 Å². The van der Waals surface area contributed by atoms with E-state index in [0.29, 0.717) is 0 Å². The third-order valence-corrected chi connectivity index (χ3v) is 5.65. The number of aryl methyl sites for hydroxylation is 1. The third-order valence-electron chi connectivity index (χ3n) is 5.65. The number of ether oxygens (including phenoxy) is 2. The van der Waals surface area contributed by atoms with Crippen LogP contribution in [0.4, 0.5) is 4.79 Å². The normalized spacial score (nSPS) is 29.8. The van der Waals surface area contributed by atoms with Crippen molar-refractivity contribution in [3.05, 3.63) is 64.6 Å². The zero-order chi connectivity index (χ0) is 17.0. The summed E-state index contributed by atoms with van der Waals surface area (Å²) in [5, 5.41) is 6.20. The second-order valence-corrected chi connectivity index (χ2v) is 7.28. The average molecular weight is 336 g/mol. The van der Waals surface area contributed by atoms with E-state index in [1.807, 2.05) is 6.07 Å². The molecule has 0 aromatic heterocycles. The number of amides is 2. The quantitative estimate of drug-likeness (QED) is 0.828. The molecular formula is C20H20N2O3. The lowest BCUT2D eigenvalue weighted by Crippen LogP contribution is -2.55. The highest BCUT2D eigenvalue weighted by Gasteiger charge is 2.43. The van der Waals surface area contributed by atoms with Gasteiger partial charge in [-0.25, -0.2) is 4.79 Å². The summed E-state index contributed by atoms with van der Waals surface area (Å²) < 4.78 is 11.1. The lowest BCUT2D eigenvalue weighted by molar-refractivity contribution is 0.0974. The van der Waals surface area contributed by atoms with Gasteiger partial charge in [0.15, 0.2) is 11.5 Å². The molecule has 1 fully saturated rings. The molecule has 2 unspecified atom stereocenters. The van der Waals surface area contributed by atoms with Gasteiger partial charge in [0.05, 0.1) is 11.7 Å². The highest BCUT2D eigenvalue weighted by atomic mass is 16.7. The molecule has 2 aliphatic heterocycles. The predicted molar refractivity (Wildman–Crippen MR) is 93.1 cm³/mol. The first-order valence-electron chi connectivity index (χ1n) is 8.72. The number of carbonyl (C=O) groups excluding carboxylic acids is 1. The summed E-state index contributed by atoms with van der Waals surface area (Å²) in [4.78, 5) is 12.4. The fourth-order valence-electron chi connectivity index (χ4n) is 4.36. The molecule has 0 saturated carbocycles. The summed E-state index contributed by atoms with van der Waals surface area (Å²) in [5.74, 6) is 1.61. The van der Waals surface area contributed by atoms with Gasteiger partial charge >= 0.3 is 6.03 Å². The van der Waals surface area contributed by atoms with E-state index in [9.17, 15) is 4.79 Å². The average Bonchev–Trinajstić information content (AvgIpc) is 3.08. The summed E-state index contributed by atoms with van der Waals surface area (Å²) in [6.45, 7) is 2.45. The minimum absolute atomic E-state index is 0.0564. The number of benzene rings is 1. The molecule has 5 rings (SSSR count). The highest BCUT2D eigenvalue weighted by Crippen LogP contribution is 2.45. The van der Waals surface area contributed by atoms with Gasteiger partial charge in [-0.1, -0.05) is 31.2 Å². The van der Waals surface area contributed by atoms with E-state index in [4.69, 9.17) is 9.47 Å². The Morgan fingerprint density at radius 1 is 1.16 bits per heavy atom. The Hall–Kier alpha value is -2.69. The number of nitrogens with one attached hydrogen (secondary N) is 2. The minimum Gasteiger partial charge on any atom is -0.454 e. The number of urea groups is 1. The first-order chi connectivity index (χ1) is 12.1. The molecule has 1 aromatic rings. The van der Waals surface area contributed by atoms with Crippen LogP contribution in [-0.2, 0) is 15.9 Å². The molecule has 25 heavy (non-hydrogen) atoms. The summed E-state index contributed by atoms with van der Waals surface area (Å²) in [6.07, 6.45) is 6.94. The summed E-state index contributed by atoms with van der Waals surface area (Å²) in [7, 11) is 0. The fraction of sp³-hybridized carbons (Fsp3) is 0.350. The Bertz CT molecular complexity index is 867. The number of carbonyl (C=O) groups is 1. The molecule has 5 nitrogen and oxygen atoms in total. The van der Waals surface area contributed by atoms with Crippen LogP contribution in [0.25, 0.3) is 5.70 Å². The van der Waals surface area contributed by atoms with Gasteiger partial charge in [0.1, 0.15) is 0 Å². The van der Waals surface area contributed by atoms with E-state index < -0.39 is 0 Å². The second-order valence-electron chi connectivity index (χ2n) is 7.28. The number of hydrogen-bond acceptors (Lipinski definition) is 3. The van der Waals surface area contributed by atoms with Gasteiger partial charge in [-0.2, -0.15) is 0 Å². The number of hydrogen-bond donors (Lipinski definition) is 2. The van der Waals surface area contributed by atoms with Crippen molar-refractivity contribution in [2.75, 3.05) is 6.79 Å². The molecule has 2 atom stereocenters. The lowest BCUT2D eigenvalue weighted by Gasteiger charge is -2.43. The van der Waals surface area contributed by atoms with E-state index in [2.05, 4.69) is 47.9 Å². The van der Waals surface area contributed by atoms with E-state index in [-0.39, 0.29) is 24.3 Å². The molecule has 0 spiro atoms. The van der Waals surface area contributed by atoms with E-state index >= 15 is 0 Å². The molecule has 4 aliphatic rings. The lowest BCUT2D eigenvalue weighted by atomic mass is 9.70. The number of fused-ring (bicyclic) bond motifs is 3. The smallest absolute Gasteiger partial charge is 0.319 e. The highest BCUT2D eigenvalue weighted by molar-refractivity contribution is 5.91. The van der Waals surface area contributed by atoms with Crippen molar-refractivity contribution in [2.24, 2.45) is 5.41 Å².